The Balaban J connectivity index is 1.69. The fourth-order valence-corrected chi connectivity index (χ4v) is 2.31. The van der Waals surface area contributed by atoms with Gasteiger partial charge in [0, 0.05) is 25.8 Å². The van der Waals surface area contributed by atoms with Crippen LogP contribution < -0.4 is 5.32 Å². The molecular formula is C13H20N4O3. The molecule has 1 aliphatic rings. The van der Waals surface area contributed by atoms with E-state index in [1.807, 2.05) is 13.1 Å². The first-order chi connectivity index (χ1) is 9.56. The molecule has 1 fully saturated rings. The van der Waals surface area contributed by atoms with Crippen LogP contribution in [0.1, 0.15) is 18.4 Å². The topological polar surface area (TPSA) is 87.5 Å². The Bertz CT molecular complexity index is 478. The van der Waals surface area contributed by atoms with Gasteiger partial charge in [0.1, 0.15) is 0 Å². The maximum atomic E-state index is 11.9. The molecule has 0 atom stereocenters. The second kappa shape index (κ2) is 6.40. The summed E-state index contributed by atoms with van der Waals surface area (Å²) in [4.78, 5) is 24.4. The molecule has 20 heavy (non-hydrogen) atoms. The van der Waals surface area contributed by atoms with Crippen LogP contribution in [-0.4, -0.2) is 51.4 Å². The Hall–Kier alpha value is -2.05. The number of aromatic nitrogens is 2. The maximum Gasteiger partial charge on any atom is 0.317 e. The first kappa shape index (κ1) is 14.4. The van der Waals surface area contributed by atoms with Gasteiger partial charge in [-0.05, 0) is 25.3 Å². The summed E-state index contributed by atoms with van der Waals surface area (Å²) >= 11 is 0. The number of urea groups is 1. The average molecular weight is 280 g/mol. The van der Waals surface area contributed by atoms with Crippen LogP contribution >= 0.6 is 0 Å². The molecule has 1 aliphatic heterocycles. The monoisotopic (exact) mass is 280 g/mol. The van der Waals surface area contributed by atoms with Crippen molar-refractivity contribution in [1.82, 2.24) is 20.0 Å². The lowest BCUT2D eigenvalue weighted by Gasteiger charge is -2.30. The van der Waals surface area contributed by atoms with Crippen molar-refractivity contribution in [3.05, 3.63) is 18.0 Å². The minimum atomic E-state index is -0.765. The zero-order valence-corrected chi connectivity index (χ0v) is 11.6. The number of aryl methyl sites for hydroxylation is 1. The summed E-state index contributed by atoms with van der Waals surface area (Å²) in [6, 6.07) is -0.127. The standard InChI is InChI=1S/C13H20N4O3/c1-10-8-15-17(9-10)7-4-14-13(20)16-5-2-11(3-6-16)12(18)19/h8-9,11H,2-7H2,1H3,(H,14,20)(H,18,19). The molecule has 7 heteroatoms. The fraction of sp³-hybridized carbons (Fsp3) is 0.615. The lowest BCUT2D eigenvalue weighted by atomic mass is 9.97. The van der Waals surface area contributed by atoms with Crippen molar-refractivity contribution in [3.8, 4) is 0 Å². The second-order valence-electron chi connectivity index (χ2n) is 5.11. The number of likely N-dealkylation sites (tertiary alicyclic amines) is 1. The van der Waals surface area contributed by atoms with Gasteiger partial charge in [0.2, 0.25) is 0 Å². The van der Waals surface area contributed by atoms with E-state index in [1.165, 1.54) is 0 Å². The van der Waals surface area contributed by atoms with Crippen molar-refractivity contribution in [3.63, 3.8) is 0 Å². The summed E-state index contributed by atoms with van der Waals surface area (Å²) in [6.45, 7) is 4.12. The lowest BCUT2D eigenvalue weighted by Crippen LogP contribution is -2.46. The highest BCUT2D eigenvalue weighted by atomic mass is 16.4. The van der Waals surface area contributed by atoms with Crippen LogP contribution in [0.25, 0.3) is 0 Å². The van der Waals surface area contributed by atoms with Crippen LogP contribution in [0.15, 0.2) is 12.4 Å². The van der Waals surface area contributed by atoms with E-state index >= 15 is 0 Å². The van der Waals surface area contributed by atoms with Crippen molar-refractivity contribution in [1.29, 1.82) is 0 Å². The summed E-state index contributed by atoms with van der Waals surface area (Å²) < 4.78 is 1.78. The van der Waals surface area contributed by atoms with E-state index < -0.39 is 5.97 Å². The molecule has 110 valence electrons. The third-order valence-electron chi connectivity index (χ3n) is 3.51. The maximum absolute atomic E-state index is 11.9. The minimum Gasteiger partial charge on any atom is -0.481 e. The summed E-state index contributed by atoms with van der Waals surface area (Å²) in [5.74, 6) is -1.08. The first-order valence-electron chi connectivity index (χ1n) is 6.81. The molecule has 2 rings (SSSR count). The van der Waals surface area contributed by atoms with Gasteiger partial charge < -0.3 is 15.3 Å². The fourth-order valence-electron chi connectivity index (χ4n) is 2.31. The number of carbonyl (C=O) groups excluding carboxylic acids is 1. The van der Waals surface area contributed by atoms with Crippen molar-refractivity contribution < 1.29 is 14.7 Å². The van der Waals surface area contributed by atoms with Gasteiger partial charge in [-0.3, -0.25) is 9.48 Å². The number of amides is 2. The number of nitrogens with one attached hydrogen (secondary N) is 1. The number of carboxylic acids is 1. The number of nitrogens with zero attached hydrogens (tertiary/aromatic N) is 3. The van der Waals surface area contributed by atoms with E-state index in [4.69, 9.17) is 5.11 Å². The summed E-state index contributed by atoms with van der Waals surface area (Å²) in [5.41, 5.74) is 1.09. The Morgan fingerprint density at radius 3 is 2.70 bits per heavy atom. The normalized spacial score (nSPS) is 16.1. The van der Waals surface area contributed by atoms with Gasteiger partial charge in [0.15, 0.2) is 0 Å². The van der Waals surface area contributed by atoms with Crippen LogP contribution in [0.4, 0.5) is 4.79 Å². The van der Waals surface area contributed by atoms with Gasteiger partial charge in [-0.1, -0.05) is 0 Å². The predicted octanol–water partition coefficient (Wildman–Crippen LogP) is 0.698. The summed E-state index contributed by atoms with van der Waals surface area (Å²) in [6.07, 6.45) is 4.76. The molecule has 0 bridgehead atoms. The quantitative estimate of drug-likeness (QED) is 0.849. The smallest absolute Gasteiger partial charge is 0.317 e. The highest BCUT2D eigenvalue weighted by molar-refractivity contribution is 5.75. The van der Waals surface area contributed by atoms with Crippen LogP contribution in [0.5, 0.6) is 0 Å². The van der Waals surface area contributed by atoms with E-state index in [2.05, 4.69) is 10.4 Å². The molecule has 2 amide bonds. The van der Waals surface area contributed by atoms with Gasteiger partial charge in [-0.15, -0.1) is 0 Å². The SMILES string of the molecule is Cc1cnn(CCNC(=O)N2CCC(C(=O)O)CC2)c1. The molecule has 0 unspecified atom stereocenters. The van der Waals surface area contributed by atoms with Crippen molar-refractivity contribution >= 4 is 12.0 Å². The van der Waals surface area contributed by atoms with Crippen LogP contribution in [0, 0.1) is 12.8 Å². The van der Waals surface area contributed by atoms with Crippen molar-refractivity contribution in [2.24, 2.45) is 5.92 Å². The molecule has 0 saturated carbocycles. The van der Waals surface area contributed by atoms with Gasteiger partial charge in [0.05, 0.1) is 18.7 Å². The van der Waals surface area contributed by atoms with Gasteiger partial charge >= 0.3 is 12.0 Å². The summed E-state index contributed by atoms with van der Waals surface area (Å²) in [7, 11) is 0. The second-order valence-corrected chi connectivity index (χ2v) is 5.11. The van der Waals surface area contributed by atoms with Crippen molar-refractivity contribution in [2.75, 3.05) is 19.6 Å². The highest BCUT2D eigenvalue weighted by Crippen LogP contribution is 2.16. The number of aliphatic carboxylic acids is 1. The molecule has 1 aromatic heterocycles. The van der Waals surface area contributed by atoms with Crippen LogP contribution in [0.3, 0.4) is 0 Å². The van der Waals surface area contributed by atoms with E-state index in [0.29, 0.717) is 39.0 Å². The Morgan fingerprint density at radius 1 is 1.45 bits per heavy atom. The number of rotatable bonds is 4. The molecule has 1 aromatic rings. The molecule has 2 N–H and O–H groups in total. The molecule has 0 aliphatic carbocycles. The van der Waals surface area contributed by atoms with E-state index in [1.54, 1.807) is 15.8 Å². The number of piperidine rings is 1. The average Bonchev–Trinajstić information content (AvgIpc) is 2.84. The Morgan fingerprint density at radius 2 is 2.15 bits per heavy atom. The zero-order valence-electron chi connectivity index (χ0n) is 11.6. The van der Waals surface area contributed by atoms with E-state index in [-0.39, 0.29) is 11.9 Å². The van der Waals surface area contributed by atoms with Crippen LogP contribution in [-0.2, 0) is 11.3 Å². The van der Waals surface area contributed by atoms with Crippen molar-refractivity contribution in [2.45, 2.75) is 26.3 Å². The Labute approximate surface area is 117 Å². The molecular weight excluding hydrogens is 260 g/mol. The molecule has 2 heterocycles. The molecule has 0 aromatic carbocycles. The predicted molar refractivity (Wildman–Crippen MR) is 72.3 cm³/mol. The molecule has 1 saturated heterocycles. The largest absolute Gasteiger partial charge is 0.481 e. The molecule has 0 radical (unpaired) electrons. The lowest BCUT2D eigenvalue weighted by molar-refractivity contribution is -0.143. The highest BCUT2D eigenvalue weighted by Gasteiger charge is 2.26. The zero-order chi connectivity index (χ0) is 14.5. The molecule has 7 nitrogen and oxygen atoms in total. The minimum absolute atomic E-state index is 0.127. The first-order valence-corrected chi connectivity index (χ1v) is 6.81. The van der Waals surface area contributed by atoms with E-state index in [0.717, 1.165) is 5.56 Å². The third-order valence-corrected chi connectivity index (χ3v) is 3.51. The molecule has 0 spiro atoms. The van der Waals surface area contributed by atoms with E-state index in [9.17, 15) is 9.59 Å². The number of hydrogen-bond donors (Lipinski definition) is 2. The number of hydrogen-bond acceptors (Lipinski definition) is 3. The van der Waals surface area contributed by atoms with Crippen LogP contribution in [0.2, 0.25) is 0 Å². The third kappa shape index (κ3) is 3.72. The van der Waals surface area contributed by atoms with Gasteiger partial charge in [0.25, 0.3) is 0 Å². The van der Waals surface area contributed by atoms with Gasteiger partial charge in [-0.25, -0.2) is 4.79 Å². The summed E-state index contributed by atoms with van der Waals surface area (Å²) in [5, 5.41) is 15.9. The number of carbonyl (C=O) groups is 2. The Kier molecular flexibility index (Phi) is 4.60. The van der Waals surface area contributed by atoms with Gasteiger partial charge in [-0.2, -0.15) is 5.10 Å². The number of carboxylic acid groups (broad SMARTS) is 1.